The summed E-state index contributed by atoms with van der Waals surface area (Å²) in [5.41, 5.74) is 7.13. The molecule has 1 unspecified atom stereocenters. The Bertz CT molecular complexity index is 469. The molecule has 20 heavy (non-hydrogen) atoms. The second-order valence-electron chi connectivity index (χ2n) is 4.35. The smallest absolute Gasteiger partial charge is 0.115 e. The Morgan fingerprint density at radius 3 is 2.80 bits per heavy atom. The first-order valence-corrected chi connectivity index (χ1v) is 7.52. The zero-order valence-corrected chi connectivity index (χ0v) is 12.9. The molecular weight excluding hydrogens is 268 g/mol. The number of nitrogens with zero attached hydrogens (tertiary/aromatic N) is 1. The lowest BCUT2D eigenvalue weighted by atomic mass is 10.2. The summed E-state index contributed by atoms with van der Waals surface area (Å²) in [7, 11) is 0. The van der Waals surface area contributed by atoms with Gasteiger partial charge in [0.2, 0.25) is 0 Å². The van der Waals surface area contributed by atoms with Gasteiger partial charge in [-0.25, -0.2) is 0 Å². The summed E-state index contributed by atoms with van der Waals surface area (Å²) in [5.74, 6) is 1.64. The average molecular weight is 290 g/mol. The highest BCUT2D eigenvalue weighted by molar-refractivity contribution is 7.99. The minimum Gasteiger partial charge on any atom is -0.492 e. The fraction of sp³-hybridized carbons (Fsp3) is 0.312. The molecule has 1 aromatic rings. The number of aromatic nitrogens is 1. The van der Waals surface area contributed by atoms with Crippen LogP contribution in [0.4, 0.5) is 0 Å². The fourth-order valence-corrected chi connectivity index (χ4v) is 2.20. The Kier molecular flexibility index (Phi) is 7.77. The first-order valence-electron chi connectivity index (χ1n) is 6.54. The number of nitrogens with two attached hydrogens (primary N) is 1. The molecule has 1 aromatic heterocycles. The average Bonchev–Trinajstić information content (AvgIpc) is 2.50. The van der Waals surface area contributed by atoms with Gasteiger partial charge >= 0.3 is 0 Å². The lowest BCUT2D eigenvalue weighted by Crippen LogP contribution is -2.28. The molecule has 0 bridgehead atoms. The predicted octanol–water partition coefficient (Wildman–Crippen LogP) is 3.55. The molecular formula is C16H22N2OS. The number of hydrogen-bond acceptors (Lipinski definition) is 4. The highest BCUT2D eigenvalue weighted by atomic mass is 32.2. The van der Waals surface area contributed by atoms with E-state index in [1.807, 2.05) is 38.1 Å². The molecule has 3 nitrogen and oxygen atoms in total. The Morgan fingerprint density at radius 2 is 2.20 bits per heavy atom. The predicted molar refractivity (Wildman–Crippen MR) is 86.6 cm³/mol. The first-order chi connectivity index (χ1) is 9.65. The molecule has 0 radical (unpaired) electrons. The maximum absolute atomic E-state index is 6.06. The Hall–Kier alpha value is -1.52. The summed E-state index contributed by atoms with van der Waals surface area (Å²) in [6.45, 7) is 8.15. The summed E-state index contributed by atoms with van der Waals surface area (Å²) in [4.78, 5) is 5.16. The van der Waals surface area contributed by atoms with E-state index in [1.165, 1.54) is 4.90 Å². The van der Waals surface area contributed by atoms with E-state index in [1.54, 1.807) is 30.2 Å². The van der Waals surface area contributed by atoms with Gasteiger partial charge in [-0.15, -0.1) is 11.8 Å². The molecule has 2 N–H and O–H groups in total. The molecule has 0 saturated heterocycles. The molecule has 0 aliphatic rings. The Balaban J connectivity index is 2.35. The molecule has 1 atom stereocenters. The van der Waals surface area contributed by atoms with Gasteiger partial charge in [0.25, 0.3) is 0 Å². The van der Waals surface area contributed by atoms with Crippen LogP contribution in [0, 0.1) is 0 Å². The van der Waals surface area contributed by atoms with Crippen molar-refractivity contribution in [3.63, 3.8) is 0 Å². The molecule has 1 heterocycles. The fourth-order valence-electron chi connectivity index (χ4n) is 1.38. The molecule has 0 fully saturated rings. The zero-order chi connectivity index (χ0) is 14.8. The van der Waals surface area contributed by atoms with E-state index in [0.29, 0.717) is 6.61 Å². The van der Waals surface area contributed by atoms with Gasteiger partial charge in [0.1, 0.15) is 12.4 Å². The normalized spacial score (nSPS) is 13.9. The van der Waals surface area contributed by atoms with Crippen molar-refractivity contribution in [3.8, 4) is 0 Å². The van der Waals surface area contributed by atoms with Crippen molar-refractivity contribution in [2.45, 2.75) is 24.8 Å². The van der Waals surface area contributed by atoms with E-state index in [4.69, 9.17) is 10.5 Å². The molecule has 0 aliphatic heterocycles. The van der Waals surface area contributed by atoms with Crippen molar-refractivity contribution in [3.05, 3.63) is 60.7 Å². The van der Waals surface area contributed by atoms with E-state index in [2.05, 4.69) is 11.6 Å². The van der Waals surface area contributed by atoms with Crippen LogP contribution in [-0.4, -0.2) is 23.4 Å². The quantitative estimate of drug-likeness (QED) is 0.452. The maximum Gasteiger partial charge on any atom is 0.115 e. The van der Waals surface area contributed by atoms with Gasteiger partial charge in [-0.05, 0) is 43.7 Å². The van der Waals surface area contributed by atoms with Crippen LogP contribution in [-0.2, 0) is 4.74 Å². The summed E-state index contributed by atoms with van der Waals surface area (Å²) >= 11 is 1.71. The van der Waals surface area contributed by atoms with Gasteiger partial charge in [0, 0.05) is 29.1 Å². The lowest BCUT2D eigenvalue weighted by molar-refractivity contribution is 0.210. The molecule has 0 amide bonds. The molecule has 0 aliphatic carbocycles. The number of ether oxygens (including phenoxy) is 1. The SMILES string of the molecule is C=C/C(C)=C\C(=C/C)OCC(N)CSc1ccncc1. The number of hydrogen-bond donors (Lipinski definition) is 1. The topological polar surface area (TPSA) is 48.1 Å². The zero-order valence-electron chi connectivity index (χ0n) is 12.1. The Labute approximate surface area is 125 Å². The summed E-state index contributed by atoms with van der Waals surface area (Å²) in [6, 6.07) is 3.94. The van der Waals surface area contributed by atoms with E-state index < -0.39 is 0 Å². The molecule has 4 heteroatoms. The second-order valence-corrected chi connectivity index (χ2v) is 5.44. The lowest BCUT2D eigenvalue weighted by Gasteiger charge is -2.13. The molecule has 0 saturated carbocycles. The van der Waals surface area contributed by atoms with Gasteiger partial charge in [-0.2, -0.15) is 0 Å². The largest absolute Gasteiger partial charge is 0.492 e. The van der Waals surface area contributed by atoms with E-state index in [-0.39, 0.29) is 6.04 Å². The van der Waals surface area contributed by atoms with Gasteiger partial charge < -0.3 is 10.5 Å². The molecule has 108 valence electrons. The van der Waals surface area contributed by atoms with Crippen LogP contribution < -0.4 is 5.73 Å². The van der Waals surface area contributed by atoms with Crippen LogP contribution in [0.3, 0.4) is 0 Å². The number of thioether (sulfide) groups is 1. The van der Waals surface area contributed by atoms with E-state index >= 15 is 0 Å². The summed E-state index contributed by atoms with van der Waals surface area (Å²) in [5, 5.41) is 0. The van der Waals surface area contributed by atoms with Crippen LogP contribution >= 0.6 is 11.8 Å². The van der Waals surface area contributed by atoms with E-state index in [9.17, 15) is 0 Å². The third-order valence-corrected chi connectivity index (χ3v) is 3.75. The summed E-state index contributed by atoms with van der Waals surface area (Å²) in [6.07, 6.45) is 9.24. The van der Waals surface area contributed by atoms with Crippen molar-refractivity contribution >= 4 is 11.8 Å². The number of rotatable bonds is 8. The van der Waals surface area contributed by atoms with Gasteiger partial charge in [-0.1, -0.05) is 12.7 Å². The summed E-state index contributed by atoms with van der Waals surface area (Å²) < 4.78 is 5.70. The number of pyridine rings is 1. The highest BCUT2D eigenvalue weighted by Gasteiger charge is 2.05. The number of allylic oxidation sites excluding steroid dienone is 4. The molecule has 1 rings (SSSR count). The third kappa shape index (κ3) is 6.59. The van der Waals surface area contributed by atoms with Gasteiger partial charge in [0.15, 0.2) is 0 Å². The van der Waals surface area contributed by atoms with Gasteiger partial charge in [-0.3, -0.25) is 4.98 Å². The first kappa shape index (κ1) is 16.5. The second kappa shape index (κ2) is 9.39. The third-order valence-electron chi connectivity index (χ3n) is 2.55. The Morgan fingerprint density at radius 1 is 1.50 bits per heavy atom. The molecule has 0 spiro atoms. The maximum atomic E-state index is 6.06. The van der Waals surface area contributed by atoms with Crippen LogP contribution in [0.1, 0.15) is 13.8 Å². The van der Waals surface area contributed by atoms with Crippen LogP contribution in [0.5, 0.6) is 0 Å². The standard InChI is InChI=1S/C16H22N2OS/c1-4-13(3)10-15(5-2)19-11-14(17)12-20-16-6-8-18-9-7-16/h4-10,14H,1,11-12,17H2,2-3H3/b13-10-,15-5+. The van der Waals surface area contributed by atoms with Crippen LogP contribution in [0.25, 0.3) is 0 Å². The minimum absolute atomic E-state index is 0.0134. The monoisotopic (exact) mass is 290 g/mol. The van der Waals surface area contributed by atoms with E-state index in [0.717, 1.165) is 17.1 Å². The van der Waals surface area contributed by atoms with Crippen molar-refractivity contribution in [1.82, 2.24) is 4.98 Å². The van der Waals surface area contributed by atoms with Crippen LogP contribution in [0.2, 0.25) is 0 Å². The minimum atomic E-state index is -0.0134. The van der Waals surface area contributed by atoms with Crippen molar-refractivity contribution < 1.29 is 4.74 Å². The highest BCUT2D eigenvalue weighted by Crippen LogP contribution is 2.17. The van der Waals surface area contributed by atoms with Gasteiger partial charge in [0.05, 0.1) is 0 Å². The van der Waals surface area contributed by atoms with Crippen molar-refractivity contribution in [2.24, 2.45) is 5.73 Å². The van der Waals surface area contributed by atoms with Crippen molar-refractivity contribution in [2.75, 3.05) is 12.4 Å². The molecule has 0 aromatic carbocycles. The van der Waals surface area contributed by atoms with Crippen LogP contribution in [0.15, 0.2) is 65.6 Å². The van der Waals surface area contributed by atoms with Crippen molar-refractivity contribution in [1.29, 1.82) is 0 Å².